The zero-order chi connectivity index (χ0) is 19.2. The fourth-order valence-corrected chi connectivity index (χ4v) is 3.54. The normalized spacial score (nSPS) is 10.3. The summed E-state index contributed by atoms with van der Waals surface area (Å²) in [6.45, 7) is 1.87. The maximum atomic E-state index is 12.5. The van der Waals surface area contributed by atoms with Crippen LogP contribution in [0, 0.1) is 18.3 Å². The van der Waals surface area contributed by atoms with Crippen LogP contribution in [0.5, 0.6) is 5.75 Å². The molecule has 6 heteroatoms. The van der Waals surface area contributed by atoms with Crippen LogP contribution in [-0.2, 0) is 0 Å². The fraction of sp³-hybridized carbons (Fsp3) is 0.143. The van der Waals surface area contributed by atoms with Gasteiger partial charge in [-0.15, -0.1) is 0 Å². The van der Waals surface area contributed by atoms with Gasteiger partial charge in [-0.25, -0.2) is 4.98 Å². The number of hydrogen-bond donors (Lipinski definition) is 0. The smallest absolute Gasteiger partial charge is 0.173 e. The Morgan fingerprint density at radius 1 is 1.26 bits per heavy atom. The highest BCUT2D eigenvalue weighted by Crippen LogP contribution is 2.31. The van der Waals surface area contributed by atoms with E-state index in [1.807, 2.05) is 25.1 Å². The van der Waals surface area contributed by atoms with Crippen LogP contribution in [0.2, 0.25) is 0 Å². The number of nitrogens with zero attached hydrogens (tertiary/aromatic N) is 3. The van der Waals surface area contributed by atoms with Crippen molar-refractivity contribution in [3.8, 4) is 22.9 Å². The highest BCUT2D eigenvalue weighted by Gasteiger charge is 2.16. The van der Waals surface area contributed by atoms with Gasteiger partial charge in [-0.3, -0.25) is 9.78 Å². The summed E-state index contributed by atoms with van der Waals surface area (Å²) in [6.07, 6.45) is 3.40. The van der Waals surface area contributed by atoms with Gasteiger partial charge >= 0.3 is 0 Å². The van der Waals surface area contributed by atoms with Gasteiger partial charge < -0.3 is 4.74 Å². The molecule has 0 unspecified atom stereocenters. The number of aryl methyl sites for hydroxylation is 1. The number of ketones is 1. The summed E-state index contributed by atoms with van der Waals surface area (Å²) in [6, 6.07) is 14.8. The number of benzene rings is 1. The van der Waals surface area contributed by atoms with Crippen molar-refractivity contribution >= 4 is 17.5 Å². The molecule has 0 saturated heterocycles. The molecule has 27 heavy (non-hydrogen) atoms. The Kier molecular flexibility index (Phi) is 5.84. The molecule has 0 fully saturated rings. The van der Waals surface area contributed by atoms with Crippen molar-refractivity contribution in [2.24, 2.45) is 0 Å². The second-order valence-electron chi connectivity index (χ2n) is 5.79. The number of ether oxygens (including phenoxy) is 1. The number of hydrogen-bond acceptors (Lipinski definition) is 6. The number of rotatable bonds is 6. The maximum absolute atomic E-state index is 12.5. The average Bonchev–Trinajstić information content (AvgIpc) is 2.72. The second kappa shape index (κ2) is 8.47. The van der Waals surface area contributed by atoms with E-state index < -0.39 is 0 Å². The van der Waals surface area contributed by atoms with Crippen molar-refractivity contribution in [2.45, 2.75) is 11.9 Å². The Hall–Kier alpha value is -3.17. The van der Waals surface area contributed by atoms with E-state index in [1.54, 1.807) is 43.8 Å². The van der Waals surface area contributed by atoms with Gasteiger partial charge in [0, 0.05) is 34.8 Å². The molecule has 1 aromatic carbocycles. The van der Waals surface area contributed by atoms with Gasteiger partial charge in [0.25, 0.3) is 0 Å². The summed E-state index contributed by atoms with van der Waals surface area (Å²) in [5, 5.41) is 10.2. The Bertz CT molecular complexity index is 996. The van der Waals surface area contributed by atoms with Crippen molar-refractivity contribution in [2.75, 3.05) is 12.9 Å². The largest absolute Gasteiger partial charge is 0.497 e. The molecule has 0 amide bonds. The van der Waals surface area contributed by atoms with Crippen LogP contribution in [-0.4, -0.2) is 28.6 Å². The van der Waals surface area contributed by atoms with Gasteiger partial charge in [0.2, 0.25) is 0 Å². The summed E-state index contributed by atoms with van der Waals surface area (Å²) in [7, 11) is 1.58. The van der Waals surface area contributed by atoms with Crippen LogP contribution in [0.1, 0.15) is 21.6 Å². The first kappa shape index (κ1) is 18.6. The number of aromatic nitrogens is 2. The number of Topliss-reactive ketones (excluding diaryl/α,β-unsaturated/α-hetero) is 1. The van der Waals surface area contributed by atoms with Gasteiger partial charge in [0.15, 0.2) is 5.78 Å². The van der Waals surface area contributed by atoms with Crippen LogP contribution >= 0.6 is 11.8 Å². The van der Waals surface area contributed by atoms with Gasteiger partial charge in [-0.2, -0.15) is 5.26 Å². The van der Waals surface area contributed by atoms with E-state index in [1.165, 1.54) is 11.8 Å². The maximum Gasteiger partial charge on any atom is 0.173 e. The highest BCUT2D eigenvalue weighted by atomic mass is 32.2. The summed E-state index contributed by atoms with van der Waals surface area (Å²) < 4.78 is 5.11. The van der Waals surface area contributed by atoms with Crippen LogP contribution < -0.4 is 4.74 Å². The minimum Gasteiger partial charge on any atom is -0.497 e. The van der Waals surface area contributed by atoms with Crippen molar-refractivity contribution in [3.63, 3.8) is 0 Å². The second-order valence-corrected chi connectivity index (χ2v) is 6.75. The molecule has 0 aliphatic rings. The summed E-state index contributed by atoms with van der Waals surface area (Å²) in [5.74, 6) is 0.870. The quantitative estimate of drug-likeness (QED) is 0.472. The molecular formula is C21H17N3O2S. The van der Waals surface area contributed by atoms with Crippen molar-refractivity contribution in [1.29, 1.82) is 5.26 Å². The Morgan fingerprint density at radius 2 is 2.04 bits per heavy atom. The minimum absolute atomic E-state index is 0.0298. The Balaban J connectivity index is 1.85. The molecule has 5 nitrogen and oxygen atoms in total. The summed E-state index contributed by atoms with van der Waals surface area (Å²) >= 11 is 1.27. The third kappa shape index (κ3) is 4.33. The van der Waals surface area contributed by atoms with Crippen LogP contribution in [0.4, 0.5) is 0 Å². The standard InChI is InChI=1S/C21H17N3O2S/c1-14-10-18(16-4-3-9-23-12-16)19(11-22)21(24-14)27-13-20(25)15-5-7-17(26-2)8-6-15/h3-10,12H,13H2,1-2H3. The number of methoxy groups -OCH3 is 1. The van der Waals surface area contributed by atoms with E-state index in [-0.39, 0.29) is 11.5 Å². The topological polar surface area (TPSA) is 75.9 Å². The van der Waals surface area contributed by atoms with E-state index >= 15 is 0 Å². The molecule has 3 rings (SSSR count). The van der Waals surface area contributed by atoms with E-state index in [0.717, 1.165) is 16.8 Å². The lowest BCUT2D eigenvalue weighted by Gasteiger charge is -2.10. The highest BCUT2D eigenvalue weighted by molar-refractivity contribution is 8.00. The van der Waals surface area contributed by atoms with Gasteiger partial charge in [-0.1, -0.05) is 17.8 Å². The lowest BCUT2D eigenvalue weighted by molar-refractivity contribution is 0.102. The van der Waals surface area contributed by atoms with E-state index in [2.05, 4.69) is 16.0 Å². The van der Waals surface area contributed by atoms with E-state index in [9.17, 15) is 10.1 Å². The molecule has 0 aliphatic heterocycles. The van der Waals surface area contributed by atoms with Gasteiger partial charge in [-0.05, 0) is 43.3 Å². The minimum atomic E-state index is -0.0298. The lowest BCUT2D eigenvalue weighted by atomic mass is 10.0. The fourth-order valence-electron chi connectivity index (χ4n) is 2.60. The third-order valence-corrected chi connectivity index (χ3v) is 4.93. The molecule has 0 radical (unpaired) electrons. The van der Waals surface area contributed by atoms with Gasteiger partial charge in [0.1, 0.15) is 16.8 Å². The number of carbonyl (C=O) groups excluding carboxylic acids is 1. The molecule has 2 aromatic heterocycles. The van der Waals surface area contributed by atoms with Crippen molar-refractivity contribution in [3.05, 3.63) is 71.7 Å². The first-order chi connectivity index (χ1) is 13.1. The van der Waals surface area contributed by atoms with Crippen LogP contribution in [0.3, 0.4) is 0 Å². The Labute approximate surface area is 162 Å². The molecule has 2 heterocycles. The molecule has 134 valence electrons. The molecular weight excluding hydrogens is 358 g/mol. The average molecular weight is 375 g/mol. The molecule has 0 bridgehead atoms. The van der Waals surface area contributed by atoms with E-state index in [0.29, 0.717) is 21.9 Å². The molecule has 0 spiro atoms. The predicted molar refractivity (Wildman–Crippen MR) is 105 cm³/mol. The first-order valence-corrected chi connectivity index (χ1v) is 9.23. The van der Waals surface area contributed by atoms with Crippen LogP contribution in [0.15, 0.2) is 59.9 Å². The molecule has 0 aliphatic carbocycles. The zero-order valence-corrected chi connectivity index (χ0v) is 15.8. The molecule has 0 atom stereocenters. The van der Waals surface area contributed by atoms with Crippen molar-refractivity contribution in [1.82, 2.24) is 9.97 Å². The third-order valence-electron chi connectivity index (χ3n) is 3.95. The van der Waals surface area contributed by atoms with Gasteiger partial charge in [0.05, 0.1) is 18.4 Å². The lowest BCUT2D eigenvalue weighted by Crippen LogP contribution is -2.04. The number of carbonyl (C=O) groups is 1. The predicted octanol–water partition coefficient (Wildman–Crippen LogP) is 4.31. The first-order valence-electron chi connectivity index (χ1n) is 8.24. The van der Waals surface area contributed by atoms with E-state index in [4.69, 9.17) is 4.74 Å². The zero-order valence-electron chi connectivity index (χ0n) is 15.0. The van der Waals surface area contributed by atoms with Crippen LogP contribution in [0.25, 0.3) is 11.1 Å². The molecule has 3 aromatic rings. The summed E-state index contributed by atoms with van der Waals surface area (Å²) in [4.78, 5) is 21.1. The molecule has 0 saturated carbocycles. The number of nitriles is 1. The van der Waals surface area contributed by atoms with Crippen molar-refractivity contribution < 1.29 is 9.53 Å². The summed E-state index contributed by atoms with van der Waals surface area (Å²) in [5.41, 5.74) is 3.47. The SMILES string of the molecule is COc1ccc(C(=O)CSc2nc(C)cc(-c3cccnc3)c2C#N)cc1. The number of thioether (sulfide) groups is 1. The Morgan fingerprint density at radius 3 is 2.67 bits per heavy atom. The number of pyridine rings is 2. The molecule has 0 N–H and O–H groups in total. The monoisotopic (exact) mass is 375 g/mol.